The van der Waals surface area contributed by atoms with Gasteiger partial charge in [-0.2, -0.15) is 0 Å². The lowest BCUT2D eigenvalue weighted by Crippen LogP contribution is -2.43. The van der Waals surface area contributed by atoms with Gasteiger partial charge >= 0.3 is 0 Å². The van der Waals surface area contributed by atoms with Crippen LogP contribution in [-0.4, -0.2) is 77.1 Å². The largest absolute Gasteiger partial charge is 0.490 e. The van der Waals surface area contributed by atoms with Crippen molar-refractivity contribution in [3.8, 4) is 11.5 Å². The van der Waals surface area contributed by atoms with Crippen LogP contribution < -0.4 is 14.2 Å². The molecular formula is C19H29N3O5S. The molecule has 9 heteroatoms. The maximum atomic E-state index is 12.6. The molecule has 2 heterocycles. The van der Waals surface area contributed by atoms with Crippen LogP contribution in [0.4, 0.5) is 0 Å². The maximum absolute atomic E-state index is 12.6. The van der Waals surface area contributed by atoms with Crippen LogP contribution in [0.3, 0.4) is 0 Å². The Kier molecular flexibility index (Phi) is 6.79. The third-order valence-electron chi connectivity index (χ3n) is 5.03. The van der Waals surface area contributed by atoms with Gasteiger partial charge in [0.05, 0.1) is 24.2 Å². The van der Waals surface area contributed by atoms with Crippen LogP contribution in [0.2, 0.25) is 0 Å². The van der Waals surface area contributed by atoms with Gasteiger partial charge in [-0.15, -0.1) is 0 Å². The molecule has 2 aliphatic rings. The molecule has 1 unspecified atom stereocenters. The summed E-state index contributed by atoms with van der Waals surface area (Å²) in [6.45, 7) is 2.95. The van der Waals surface area contributed by atoms with Crippen molar-refractivity contribution in [2.75, 3.05) is 46.9 Å². The molecule has 1 saturated heterocycles. The van der Waals surface area contributed by atoms with E-state index in [9.17, 15) is 13.2 Å². The third-order valence-corrected chi connectivity index (χ3v) is 6.49. The summed E-state index contributed by atoms with van der Waals surface area (Å²) < 4.78 is 38.9. The zero-order valence-electron chi connectivity index (χ0n) is 16.5. The number of hydrogen-bond donors (Lipinski definition) is 1. The van der Waals surface area contributed by atoms with Gasteiger partial charge in [-0.1, -0.05) is 0 Å². The van der Waals surface area contributed by atoms with E-state index in [1.54, 1.807) is 25.1 Å². The number of benzene rings is 1. The lowest BCUT2D eigenvalue weighted by atomic mass is 10.2. The van der Waals surface area contributed by atoms with Gasteiger partial charge in [0.2, 0.25) is 15.9 Å². The van der Waals surface area contributed by atoms with E-state index in [0.717, 1.165) is 25.8 Å². The van der Waals surface area contributed by atoms with Gasteiger partial charge < -0.3 is 14.4 Å². The summed E-state index contributed by atoms with van der Waals surface area (Å²) >= 11 is 0. The quantitative estimate of drug-likeness (QED) is 0.676. The second kappa shape index (κ2) is 9.11. The Morgan fingerprint density at radius 1 is 1.21 bits per heavy atom. The molecule has 0 spiro atoms. The summed E-state index contributed by atoms with van der Waals surface area (Å²) in [6.07, 6.45) is 3.26. The Labute approximate surface area is 166 Å². The van der Waals surface area contributed by atoms with Gasteiger partial charge in [0.1, 0.15) is 0 Å². The van der Waals surface area contributed by atoms with Gasteiger partial charge in [0.15, 0.2) is 11.5 Å². The number of amides is 1. The standard InChI is InChI=1S/C19H29N3O5S/c1-21(2)19(23)16-6-3-10-22(16)11-4-9-20-28(24,25)15-7-8-17-18(14-15)27-13-5-12-26-17/h7-8,14,16,20H,3-6,9-13H2,1-2H3. The topological polar surface area (TPSA) is 88.2 Å². The minimum atomic E-state index is -3.62. The fourth-order valence-corrected chi connectivity index (χ4v) is 4.64. The molecule has 8 nitrogen and oxygen atoms in total. The maximum Gasteiger partial charge on any atom is 0.240 e. The van der Waals surface area contributed by atoms with Crippen LogP contribution in [0.1, 0.15) is 25.7 Å². The lowest BCUT2D eigenvalue weighted by molar-refractivity contribution is -0.133. The van der Waals surface area contributed by atoms with Crippen molar-refractivity contribution in [1.29, 1.82) is 0 Å². The summed E-state index contributed by atoms with van der Waals surface area (Å²) in [6, 6.07) is 4.59. The number of fused-ring (bicyclic) bond motifs is 1. The van der Waals surface area contributed by atoms with Crippen molar-refractivity contribution in [2.24, 2.45) is 0 Å². The van der Waals surface area contributed by atoms with Gasteiger partial charge in [-0.25, -0.2) is 13.1 Å². The van der Waals surface area contributed by atoms with Crippen LogP contribution in [0.5, 0.6) is 11.5 Å². The van der Waals surface area contributed by atoms with Crippen molar-refractivity contribution in [3.05, 3.63) is 18.2 Å². The van der Waals surface area contributed by atoms with Crippen molar-refractivity contribution >= 4 is 15.9 Å². The molecule has 1 atom stereocenters. The molecule has 3 rings (SSSR count). The zero-order chi connectivity index (χ0) is 20.1. The molecule has 0 aromatic heterocycles. The molecule has 0 bridgehead atoms. The Hall–Kier alpha value is -1.84. The second-order valence-electron chi connectivity index (χ2n) is 7.34. The number of carbonyl (C=O) groups excluding carboxylic acids is 1. The number of likely N-dealkylation sites (tertiary alicyclic amines) is 1. The van der Waals surface area contributed by atoms with Gasteiger partial charge in [0, 0.05) is 39.7 Å². The van der Waals surface area contributed by atoms with Gasteiger partial charge in [0.25, 0.3) is 0 Å². The minimum Gasteiger partial charge on any atom is -0.490 e. The number of carbonyl (C=O) groups is 1. The number of hydrogen-bond acceptors (Lipinski definition) is 6. The van der Waals surface area contributed by atoms with Crippen molar-refractivity contribution < 1.29 is 22.7 Å². The first-order valence-corrected chi connectivity index (χ1v) is 11.2. The number of nitrogens with one attached hydrogen (secondary N) is 1. The fraction of sp³-hybridized carbons (Fsp3) is 0.632. The first-order valence-electron chi connectivity index (χ1n) is 9.73. The van der Waals surface area contributed by atoms with E-state index < -0.39 is 10.0 Å². The van der Waals surface area contributed by atoms with E-state index >= 15 is 0 Å². The number of ether oxygens (including phenoxy) is 2. The average Bonchev–Trinajstić information content (AvgIpc) is 3.00. The number of nitrogens with zero attached hydrogens (tertiary/aromatic N) is 2. The summed E-state index contributed by atoms with van der Waals surface area (Å²) in [5.41, 5.74) is 0. The molecule has 28 heavy (non-hydrogen) atoms. The summed E-state index contributed by atoms with van der Waals surface area (Å²) in [5, 5.41) is 0. The first kappa shape index (κ1) is 20.9. The normalized spacial score (nSPS) is 20.0. The van der Waals surface area contributed by atoms with Crippen LogP contribution >= 0.6 is 0 Å². The van der Waals surface area contributed by atoms with E-state index in [4.69, 9.17) is 9.47 Å². The van der Waals surface area contributed by atoms with Gasteiger partial charge in [-0.05, 0) is 37.9 Å². The molecule has 1 fully saturated rings. The number of rotatable bonds is 7. The number of sulfonamides is 1. The highest BCUT2D eigenvalue weighted by atomic mass is 32.2. The SMILES string of the molecule is CN(C)C(=O)C1CCCN1CCCNS(=O)(=O)c1ccc2c(c1)OCCCO2. The first-order chi connectivity index (χ1) is 13.4. The van der Waals surface area contributed by atoms with Gasteiger partial charge in [-0.3, -0.25) is 9.69 Å². The van der Waals surface area contributed by atoms with Crippen LogP contribution in [0.15, 0.2) is 23.1 Å². The highest BCUT2D eigenvalue weighted by molar-refractivity contribution is 7.89. The van der Waals surface area contributed by atoms with E-state index in [2.05, 4.69) is 9.62 Å². The van der Waals surface area contributed by atoms with Crippen molar-refractivity contribution in [2.45, 2.75) is 36.6 Å². The minimum absolute atomic E-state index is 0.0895. The average molecular weight is 412 g/mol. The number of likely N-dealkylation sites (N-methyl/N-ethyl adjacent to an activating group) is 1. The molecule has 1 aromatic carbocycles. The Morgan fingerprint density at radius 3 is 2.71 bits per heavy atom. The molecule has 0 aliphatic carbocycles. The monoisotopic (exact) mass is 411 g/mol. The Bertz CT molecular complexity index is 797. The molecule has 0 saturated carbocycles. The van der Waals surface area contributed by atoms with Crippen molar-refractivity contribution in [1.82, 2.24) is 14.5 Å². The van der Waals surface area contributed by atoms with Crippen LogP contribution in [0.25, 0.3) is 0 Å². The molecule has 1 aromatic rings. The molecular weight excluding hydrogens is 382 g/mol. The van der Waals surface area contributed by atoms with E-state index in [1.165, 1.54) is 12.1 Å². The highest BCUT2D eigenvalue weighted by Crippen LogP contribution is 2.31. The Morgan fingerprint density at radius 2 is 1.96 bits per heavy atom. The van der Waals surface area contributed by atoms with E-state index in [1.807, 2.05) is 0 Å². The Balaban J connectivity index is 1.53. The van der Waals surface area contributed by atoms with Crippen LogP contribution in [0, 0.1) is 0 Å². The molecule has 1 N–H and O–H groups in total. The summed E-state index contributed by atoms with van der Waals surface area (Å²) in [7, 11) is -0.0917. The predicted octanol–water partition coefficient (Wildman–Crippen LogP) is 1.07. The third kappa shape index (κ3) is 4.95. The van der Waals surface area contributed by atoms with Crippen molar-refractivity contribution in [3.63, 3.8) is 0 Å². The van der Waals surface area contributed by atoms with Crippen LogP contribution in [-0.2, 0) is 14.8 Å². The smallest absolute Gasteiger partial charge is 0.240 e. The van der Waals surface area contributed by atoms with E-state index in [-0.39, 0.29) is 16.8 Å². The summed E-state index contributed by atoms with van der Waals surface area (Å²) in [4.78, 5) is 16.2. The molecule has 1 amide bonds. The van der Waals surface area contributed by atoms with E-state index in [0.29, 0.717) is 44.2 Å². The molecule has 156 valence electrons. The highest BCUT2D eigenvalue weighted by Gasteiger charge is 2.31. The second-order valence-corrected chi connectivity index (χ2v) is 9.10. The molecule has 2 aliphatic heterocycles. The predicted molar refractivity (Wildman–Crippen MR) is 105 cm³/mol. The molecule has 0 radical (unpaired) electrons. The summed E-state index contributed by atoms with van der Waals surface area (Å²) in [5.74, 6) is 1.15. The lowest BCUT2D eigenvalue weighted by Gasteiger charge is -2.26. The fourth-order valence-electron chi connectivity index (χ4n) is 3.55. The zero-order valence-corrected chi connectivity index (χ0v) is 17.3.